The van der Waals surface area contributed by atoms with Gasteiger partial charge >= 0.3 is 5.97 Å². The number of esters is 1. The lowest BCUT2D eigenvalue weighted by Crippen LogP contribution is -2.28. The number of nitriles is 1. The lowest BCUT2D eigenvalue weighted by molar-refractivity contribution is -0.148. The Morgan fingerprint density at radius 2 is 2.43 bits per heavy atom. The van der Waals surface area contributed by atoms with Gasteiger partial charge in [-0.25, -0.2) is 0 Å². The molecule has 1 aliphatic carbocycles. The molecule has 2 unspecified atom stereocenters. The maximum Gasteiger partial charge on any atom is 0.324 e. The van der Waals surface area contributed by atoms with E-state index in [1.165, 1.54) is 0 Å². The molecule has 118 valence electrons. The van der Waals surface area contributed by atoms with Crippen LogP contribution in [0.15, 0.2) is 11.8 Å². The predicted molar refractivity (Wildman–Crippen MR) is 77.1 cm³/mol. The van der Waals surface area contributed by atoms with Gasteiger partial charge in [0.15, 0.2) is 0 Å². The van der Waals surface area contributed by atoms with E-state index >= 15 is 0 Å². The van der Waals surface area contributed by atoms with E-state index in [1.807, 2.05) is 12.1 Å². The molecule has 0 amide bonds. The standard InChI is InChI=1S/C15H24N2O4/c1-20-8-3-6-17-13-5-2-4-12(10-13)14(11-16)15(19)21-9-7-18/h10,12,14,17-18H,2-9H2,1H3. The molecule has 1 aliphatic rings. The number of carbonyl (C=O) groups is 1. The van der Waals surface area contributed by atoms with Gasteiger partial charge in [-0.15, -0.1) is 0 Å². The van der Waals surface area contributed by atoms with Gasteiger partial charge in [-0.1, -0.05) is 6.08 Å². The van der Waals surface area contributed by atoms with Crippen LogP contribution in [0.3, 0.4) is 0 Å². The molecule has 6 heteroatoms. The molecule has 0 radical (unpaired) electrons. The summed E-state index contributed by atoms with van der Waals surface area (Å²) in [7, 11) is 1.67. The molecule has 0 spiro atoms. The molecule has 21 heavy (non-hydrogen) atoms. The van der Waals surface area contributed by atoms with Gasteiger partial charge in [-0.05, 0) is 25.7 Å². The Kier molecular flexibility index (Phi) is 8.48. The van der Waals surface area contributed by atoms with E-state index in [4.69, 9.17) is 14.6 Å². The summed E-state index contributed by atoms with van der Waals surface area (Å²) in [4.78, 5) is 11.8. The normalized spacial score (nSPS) is 19.3. The van der Waals surface area contributed by atoms with Crippen molar-refractivity contribution in [1.82, 2.24) is 5.32 Å². The average Bonchev–Trinajstić information content (AvgIpc) is 2.51. The van der Waals surface area contributed by atoms with Crippen molar-refractivity contribution in [3.05, 3.63) is 11.8 Å². The number of methoxy groups -OCH3 is 1. The molecule has 0 heterocycles. The van der Waals surface area contributed by atoms with Gasteiger partial charge < -0.3 is 19.9 Å². The van der Waals surface area contributed by atoms with Crippen molar-refractivity contribution in [2.24, 2.45) is 11.8 Å². The van der Waals surface area contributed by atoms with Gasteiger partial charge in [-0.3, -0.25) is 4.79 Å². The summed E-state index contributed by atoms with van der Waals surface area (Å²) in [6.07, 6.45) is 5.57. The minimum absolute atomic E-state index is 0.0599. The second-order valence-corrected chi connectivity index (χ2v) is 5.02. The Hall–Kier alpha value is -1.58. The SMILES string of the molecule is COCCCNC1=CC(C(C#N)C(=O)OCCO)CCC1. The number of nitrogens with one attached hydrogen (secondary N) is 1. The van der Waals surface area contributed by atoms with Gasteiger partial charge in [0.2, 0.25) is 0 Å². The first-order valence-corrected chi connectivity index (χ1v) is 7.33. The predicted octanol–water partition coefficient (Wildman–Crippen LogP) is 0.972. The van der Waals surface area contributed by atoms with Crippen molar-refractivity contribution >= 4 is 5.97 Å². The zero-order chi connectivity index (χ0) is 15.5. The molecule has 0 fully saturated rings. The summed E-state index contributed by atoms with van der Waals surface area (Å²) in [5, 5.41) is 21.2. The van der Waals surface area contributed by atoms with Crippen LogP contribution in [0.1, 0.15) is 25.7 Å². The zero-order valence-corrected chi connectivity index (χ0v) is 12.5. The molecular formula is C15H24N2O4. The number of rotatable bonds is 9. The van der Waals surface area contributed by atoms with Gasteiger partial charge in [0.1, 0.15) is 12.5 Å². The fourth-order valence-corrected chi connectivity index (χ4v) is 2.39. The third kappa shape index (κ3) is 6.15. The highest BCUT2D eigenvalue weighted by Gasteiger charge is 2.30. The minimum atomic E-state index is -0.798. The van der Waals surface area contributed by atoms with Crippen LogP contribution >= 0.6 is 0 Å². The second kappa shape index (κ2) is 10.2. The van der Waals surface area contributed by atoms with Crippen molar-refractivity contribution in [2.75, 3.05) is 33.5 Å². The number of allylic oxidation sites excluding steroid dienone is 2. The van der Waals surface area contributed by atoms with Gasteiger partial charge in [-0.2, -0.15) is 5.26 Å². The number of nitrogens with zero attached hydrogens (tertiary/aromatic N) is 1. The molecule has 2 N–H and O–H groups in total. The fraction of sp³-hybridized carbons (Fsp3) is 0.733. The highest BCUT2D eigenvalue weighted by molar-refractivity contribution is 5.76. The molecule has 0 aliphatic heterocycles. The summed E-state index contributed by atoms with van der Waals surface area (Å²) in [5.41, 5.74) is 1.08. The van der Waals surface area contributed by atoms with Crippen molar-refractivity contribution in [3.63, 3.8) is 0 Å². The van der Waals surface area contributed by atoms with E-state index in [2.05, 4.69) is 5.32 Å². The molecule has 0 saturated carbocycles. The van der Waals surface area contributed by atoms with Crippen LogP contribution in [0.4, 0.5) is 0 Å². The number of aliphatic hydroxyl groups excluding tert-OH is 1. The van der Waals surface area contributed by atoms with E-state index < -0.39 is 11.9 Å². The Balaban J connectivity index is 2.55. The smallest absolute Gasteiger partial charge is 0.324 e. The third-order valence-electron chi connectivity index (χ3n) is 3.43. The van der Waals surface area contributed by atoms with E-state index in [9.17, 15) is 10.1 Å². The summed E-state index contributed by atoms with van der Waals surface area (Å²) in [6, 6.07) is 2.03. The molecule has 0 aromatic carbocycles. The van der Waals surface area contributed by atoms with Gasteiger partial charge in [0.25, 0.3) is 0 Å². The Morgan fingerprint density at radius 3 is 3.10 bits per heavy atom. The topological polar surface area (TPSA) is 91.6 Å². The molecule has 2 atom stereocenters. The van der Waals surface area contributed by atoms with Crippen LogP contribution in [-0.2, 0) is 14.3 Å². The first kappa shape index (κ1) is 17.5. The number of hydrogen-bond donors (Lipinski definition) is 2. The van der Waals surface area contributed by atoms with Crippen LogP contribution in [-0.4, -0.2) is 44.6 Å². The van der Waals surface area contributed by atoms with Crippen LogP contribution in [0.5, 0.6) is 0 Å². The molecular weight excluding hydrogens is 272 g/mol. The maximum atomic E-state index is 11.8. The van der Waals surface area contributed by atoms with Crippen molar-refractivity contribution in [3.8, 4) is 6.07 Å². The van der Waals surface area contributed by atoms with Crippen LogP contribution < -0.4 is 5.32 Å². The number of hydrogen-bond acceptors (Lipinski definition) is 6. The van der Waals surface area contributed by atoms with Crippen molar-refractivity contribution in [1.29, 1.82) is 5.26 Å². The van der Waals surface area contributed by atoms with Crippen LogP contribution in [0.2, 0.25) is 0 Å². The molecule has 0 aromatic rings. The molecule has 0 saturated heterocycles. The van der Waals surface area contributed by atoms with Crippen LogP contribution in [0, 0.1) is 23.2 Å². The Labute approximate surface area is 125 Å². The average molecular weight is 296 g/mol. The lowest BCUT2D eigenvalue weighted by Gasteiger charge is -2.24. The molecule has 0 aromatic heterocycles. The molecule has 6 nitrogen and oxygen atoms in total. The number of aliphatic hydroxyl groups is 1. The largest absolute Gasteiger partial charge is 0.462 e. The molecule has 1 rings (SSSR count). The number of carbonyl (C=O) groups excluding carboxylic acids is 1. The summed E-state index contributed by atoms with van der Waals surface area (Å²) >= 11 is 0. The first-order chi connectivity index (χ1) is 10.2. The van der Waals surface area contributed by atoms with E-state index in [0.29, 0.717) is 6.61 Å². The minimum Gasteiger partial charge on any atom is -0.462 e. The van der Waals surface area contributed by atoms with Gasteiger partial charge in [0.05, 0.1) is 12.7 Å². The lowest BCUT2D eigenvalue weighted by atomic mass is 9.84. The quantitative estimate of drug-likeness (QED) is 0.486. The summed E-state index contributed by atoms with van der Waals surface area (Å²) in [5.74, 6) is -1.47. The maximum absolute atomic E-state index is 11.8. The van der Waals surface area contributed by atoms with E-state index in [-0.39, 0.29) is 19.1 Å². The highest BCUT2D eigenvalue weighted by Crippen LogP contribution is 2.28. The Morgan fingerprint density at radius 1 is 1.62 bits per heavy atom. The second-order valence-electron chi connectivity index (χ2n) is 5.02. The van der Waals surface area contributed by atoms with E-state index in [1.54, 1.807) is 7.11 Å². The van der Waals surface area contributed by atoms with Crippen molar-refractivity contribution < 1.29 is 19.4 Å². The van der Waals surface area contributed by atoms with Crippen molar-refractivity contribution in [2.45, 2.75) is 25.7 Å². The Bertz CT molecular complexity index is 390. The summed E-state index contributed by atoms with van der Waals surface area (Å²) < 4.78 is 9.86. The first-order valence-electron chi connectivity index (χ1n) is 7.33. The zero-order valence-electron chi connectivity index (χ0n) is 12.5. The van der Waals surface area contributed by atoms with Gasteiger partial charge in [0, 0.05) is 31.9 Å². The summed E-state index contributed by atoms with van der Waals surface area (Å²) in [6.45, 7) is 1.24. The monoisotopic (exact) mass is 296 g/mol. The highest BCUT2D eigenvalue weighted by atomic mass is 16.5. The molecule has 0 bridgehead atoms. The van der Waals surface area contributed by atoms with Crippen LogP contribution in [0.25, 0.3) is 0 Å². The third-order valence-corrected chi connectivity index (χ3v) is 3.43. The fourth-order valence-electron chi connectivity index (χ4n) is 2.39. The number of ether oxygens (including phenoxy) is 2. The van der Waals surface area contributed by atoms with E-state index in [0.717, 1.165) is 37.9 Å².